The molecule has 0 aromatic carbocycles. The van der Waals surface area contributed by atoms with Crippen molar-refractivity contribution in [3.63, 3.8) is 0 Å². The molecule has 0 unspecified atom stereocenters. The molecule has 0 saturated carbocycles. The molecule has 30 heavy (non-hydrogen) atoms. The lowest BCUT2D eigenvalue weighted by atomic mass is 10.2. The molecule has 1 saturated heterocycles. The van der Waals surface area contributed by atoms with Crippen LogP contribution in [0.2, 0.25) is 0 Å². The Morgan fingerprint density at radius 2 is 1.97 bits per heavy atom. The van der Waals surface area contributed by atoms with Gasteiger partial charge in [-0.15, -0.1) is 0 Å². The quantitative estimate of drug-likeness (QED) is 0.666. The van der Waals surface area contributed by atoms with Gasteiger partial charge in [-0.1, -0.05) is 6.07 Å². The Bertz CT molecular complexity index is 1050. The van der Waals surface area contributed by atoms with E-state index in [9.17, 15) is 9.59 Å². The van der Waals surface area contributed by atoms with Gasteiger partial charge in [0.1, 0.15) is 17.2 Å². The highest BCUT2D eigenvalue weighted by Crippen LogP contribution is 2.20. The lowest BCUT2D eigenvalue weighted by Gasteiger charge is -2.35. The zero-order valence-electron chi connectivity index (χ0n) is 17.1. The van der Waals surface area contributed by atoms with Crippen molar-refractivity contribution in [2.24, 2.45) is 7.05 Å². The number of H-pyrrole nitrogens is 1. The number of nitrogens with zero attached hydrogens (tertiary/aromatic N) is 5. The summed E-state index contributed by atoms with van der Waals surface area (Å²) in [5.74, 6) is 0.715. The maximum atomic E-state index is 12.6. The second-order valence-electron chi connectivity index (χ2n) is 7.33. The van der Waals surface area contributed by atoms with Crippen LogP contribution >= 0.6 is 0 Å². The fraction of sp³-hybridized carbons (Fsp3) is 0.333. The van der Waals surface area contributed by atoms with Crippen LogP contribution in [0.4, 0.5) is 5.82 Å². The summed E-state index contributed by atoms with van der Waals surface area (Å²) in [6, 6.07) is 9.45. The molecule has 0 radical (unpaired) electrons. The van der Waals surface area contributed by atoms with E-state index in [2.05, 4.69) is 25.4 Å². The summed E-state index contributed by atoms with van der Waals surface area (Å²) in [5, 5.41) is 10.0. The lowest BCUT2D eigenvalue weighted by molar-refractivity contribution is -0.129. The maximum Gasteiger partial charge on any atom is 0.269 e. The molecule has 4 rings (SSSR count). The van der Waals surface area contributed by atoms with E-state index in [0.717, 1.165) is 35.9 Å². The van der Waals surface area contributed by atoms with Crippen LogP contribution in [-0.4, -0.2) is 62.6 Å². The Morgan fingerprint density at radius 1 is 1.17 bits per heavy atom. The summed E-state index contributed by atoms with van der Waals surface area (Å²) < 4.78 is 1.95. The highest BCUT2D eigenvalue weighted by molar-refractivity contribution is 5.93. The molecule has 3 aromatic heterocycles. The number of nitrogens with one attached hydrogen (secondary N) is 2. The average molecular weight is 407 g/mol. The minimum atomic E-state index is -0.223. The number of piperazine rings is 1. The van der Waals surface area contributed by atoms with Crippen molar-refractivity contribution in [3.05, 3.63) is 54.0 Å². The van der Waals surface area contributed by atoms with Gasteiger partial charge in [0.25, 0.3) is 5.91 Å². The summed E-state index contributed by atoms with van der Waals surface area (Å²) >= 11 is 0. The van der Waals surface area contributed by atoms with Crippen molar-refractivity contribution in [1.29, 1.82) is 0 Å². The molecule has 3 aromatic rings. The predicted octanol–water partition coefficient (Wildman–Crippen LogP) is 1.41. The van der Waals surface area contributed by atoms with Gasteiger partial charge in [-0.25, -0.2) is 4.98 Å². The highest BCUT2D eigenvalue weighted by atomic mass is 16.2. The van der Waals surface area contributed by atoms with E-state index in [1.807, 2.05) is 47.0 Å². The van der Waals surface area contributed by atoms with Crippen LogP contribution in [0.3, 0.4) is 0 Å². The molecule has 1 aliphatic heterocycles. The van der Waals surface area contributed by atoms with E-state index in [-0.39, 0.29) is 11.8 Å². The second-order valence-corrected chi connectivity index (χ2v) is 7.33. The van der Waals surface area contributed by atoms with Crippen molar-refractivity contribution in [2.75, 3.05) is 31.1 Å². The van der Waals surface area contributed by atoms with Gasteiger partial charge in [-0.2, -0.15) is 5.10 Å². The van der Waals surface area contributed by atoms with E-state index in [0.29, 0.717) is 25.3 Å². The maximum absolute atomic E-state index is 12.6. The van der Waals surface area contributed by atoms with E-state index in [1.165, 1.54) is 0 Å². The zero-order valence-corrected chi connectivity index (χ0v) is 17.1. The predicted molar refractivity (Wildman–Crippen MR) is 113 cm³/mol. The van der Waals surface area contributed by atoms with Crippen molar-refractivity contribution in [2.45, 2.75) is 13.5 Å². The van der Waals surface area contributed by atoms with Crippen LogP contribution in [0.15, 0.2) is 42.7 Å². The fourth-order valence-electron chi connectivity index (χ4n) is 3.65. The summed E-state index contributed by atoms with van der Waals surface area (Å²) in [4.78, 5) is 32.7. The molecule has 0 spiro atoms. The van der Waals surface area contributed by atoms with E-state index in [4.69, 9.17) is 0 Å². The van der Waals surface area contributed by atoms with E-state index in [1.54, 1.807) is 19.2 Å². The summed E-state index contributed by atoms with van der Waals surface area (Å²) in [5.41, 5.74) is 3.00. The first kappa shape index (κ1) is 19.7. The van der Waals surface area contributed by atoms with Crippen LogP contribution in [0.25, 0.3) is 11.4 Å². The number of anilines is 1. The topological polar surface area (TPSA) is 99.2 Å². The number of hydrogen-bond acceptors (Lipinski definition) is 5. The normalized spacial score (nSPS) is 14.1. The number of amides is 2. The Morgan fingerprint density at radius 3 is 2.67 bits per heavy atom. The molecule has 9 heteroatoms. The molecule has 1 aliphatic rings. The lowest BCUT2D eigenvalue weighted by Crippen LogP contribution is -2.48. The summed E-state index contributed by atoms with van der Waals surface area (Å²) in [7, 11) is 1.93. The third-order valence-corrected chi connectivity index (χ3v) is 5.36. The first-order valence-corrected chi connectivity index (χ1v) is 9.92. The number of aromatic nitrogens is 4. The summed E-state index contributed by atoms with van der Waals surface area (Å²) in [6.45, 7) is 4.74. The smallest absolute Gasteiger partial charge is 0.269 e. The largest absolute Gasteiger partial charge is 0.353 e. The number of pyridine rings is 1. The molecule has 9 nitrogen and oxygen atoms in total. The third-order valence-electron chi connectivity index (χ3n) is 5.36. The zero-order chi connectivity index (χ0) is 21.1. The highest BCUT2D eigenvalue weighted by Gasteiger charge is 2.21. The molecule has 4 heterocycles. The fourth-order valence-corrected chi connectivity index (χ4v) is 3.65. The van der Waals surface area contributed by atoms with Crippen LogP contribution in [0.5, 0.6) is 0 Å². The van der Waals surface area contributed by atoms with Crippen LogP contribution in [-0.2, 0) is 18.4 Å². The van der Waals surface area contributed by atoms with Crippen molar-refractivity contribution < 1.29 is 9.59 Å². The molecule has 0 bridgehead atoms. The molecule has 2 N–H and O–H groups in total. The summed E-state index contributed by atoms with van der Waals surface area (Å²) in [6.07, 6.45) is 3.68. The van der Waals surface area contributed by atoms with Crippen molar-refractivity contribution in [3.8, 4) is 11.4 Å². The minimum Gasteiger partial charge on any atom is -0.353 e. The van der Waals surface area contributed by atoms with Crippen LogP contribution in [0, 0.1) is 0 Å². The molecular formula is C21H25N7O2. The van der Waals surface area contributed by atoms with Gasteiger partial charge in [0.05, 0.1) is 5.69 Å². The number of carbonyl (C=O) groups is 2. The monoisotopic (exact) mass is 407 g/mol. The van der Waals surface area contributed by atoms with E-state index < -0.39 is 0 Å². The molecule has 156 valence electrons. The Labute approximate surface area is 174 Å². The number of carbonyl (C=O) groups excluding carboxylic acids is 2. The molecule has 1 fully saturated rings. The first-order valence-electron chi connectivity index (χ1n) is 9.92. The van der Waals surface area contributed by atoms with Gasteiger partial charge in [-0.05, 0) is 24.3 Å². The van der Waals surface area contributed by atoms with Gasteiger partial charge >= 0.3 is 0 Å². The Kier molecular flexibility index (Phi) is 5.51. The van der Waals surface area contributed by atoms with Gasteiger partial charge in [0.2, 0.25) is 5.91 Å². The number of hydrogen-bond donors (Lipinski definition) is 2. The van der Waals surface area contributed by atoms with Crippen molar-refractivity contribution >= 4 is 17.6 Å². The number of aryl methyl sites for hydroxylation is 1. The first-order chi connectivity index (χ1) is 14.5. The standard InChI is InChI=1S/C21H25N7O2/c1-15(29)27-9-11-28(12-10-27)20-16(5-3-7-22-20)14-23-21(30)18-13-17(24-25-18)19-6-4-8-26(19)2/h3-8,13H,9-12,14H2,1-2H3,(H,23,30)(H,24,25). The van der Waals surface area contributed by atoms with Gasteiger partial charge < -0.3 is 19.7 Å². The van der Waals surface area contributed by atoms with Crippen molar-refractivity contribution in [1.82, 2.24) is 30.0 Å². The third kappa shape index (κ3) is 4.05. The second kappa shape index (κ2) is 8.40. The Balaban J connectivity index is 1.41. The molecule has 0 aliphatic carbocycles. The van der Waals surface area contributed by atoms with E-state index >= 15 is 0 Å². The van der Waals surface area contributed by atoms with Crippen LogP contribution in [0.1, 0.15) is 23.0 Å². The number of rotatable bonds is 5. The molecule has 0 atom stereocenters. The van der Waals surface area contributed by atoms with Crippen LogP contribution < -0.4 is 10.2 Å². The SMILES string of the molecule is CC(=O)N1CCN(c2ncccc2CNC(=O)c2cc(-c3cccn3C)n[nH]2)CC1. The average Bonchev–Trinajstić information content (AvgIpc) is 3.41. The van der Waals surface area contributed by atoms with Gasteiger partial charge in [-0.3, -0.25) is 14.7 Å². The molecular weight excluding hydrogens is 382 g/mol. The minimum absolute atomic E-state index is 0.0948. The number of aromatic amines is 1. The molecule has 2 amide bonds. The van der Waals surface area contributed by atoms with Gasteiger partial charge in [0.15, 0.2) is 0 Å². The van der Waals surface area contributed by atoms with Gasteiger partial charge in [0, 0.05) is 64.7 Å². The Hall–Kier alpha value is -3.62.